The van der Waals surface area contributed by atoms with E-state index in [-0.39, 0.29) is 11.2 Å². The molecule has 4 rings (SSSR count). The van der Waals surface area contributed by atoms with Gasteiger partial charge in [-0.15, -0.1) is 0 Å². The van der Waals surface area contributed by atoms with Gasteiger partial charge < -0.3 is 9.97 Å². The quantitative estimate of drug-likeness (QED) is 0.511. The highest BCUT2D eigenvalue weighted by Crippen LogP contribution is 2.30. The molecule has 4 aromatic rings. The van der Waals surface area contributed by atoms with Crippen LogP contribution in [0.1, 0.15) is 43.4 Å². The number of aromatic amines is 2. The second kappa shape index (κ2) is 5.80. The number of imidazole rings is 1. The van der Waals surface area contributed by atoms with E-state index in [1.54, 1.807) is 6.20 Å². The zero-order valence-electron chi connectivity index (χ0n) is 15.5. The number of H-pyrrole nitrogens is 2. The summed E-state index contributed by atoms with van der Waals surface area (Å²) in [6, 6.07) is 9.93. The summed E-state index contributed by atoms with van der Waals surface area (Å²) in [7, 11) is 0. The van der Waals surface area contributed by atoms with Crippen LogP contribution in [-0.2, 0) is 0 Å². The van der Waals surface area contributed by atoms with Crippen molar-refractivity contribution in [2.24, 2.45) is 5.41 Å². The van der Waals surface area contributed by atoms with E-state index in [0.717, 1.165) is 39.1 Å². The second-order valence-corrected chi connectivity index (χ2v) is 8.02. The highest BCUT2D eigenvalue weighted by Gasteiger charge is 2.18. The van der Waals surface area contributed by atoms with Crippen LogP contribution in [0.3, 0.4) is 0 Å². The van der Waals surface area contributed by atoms with Gasteiger partial charge in [-0.05, 0) is 30.5 Å². The van der Waals surface area contributed by atoms with Gasteiger partial charge in [0.1, 0.15) is 5.82 Å². The number of aryl methyl sites for hydroxylation is 1. The van der Waals surface area contributed by atoms with Gasteiger partial charge in [-0.1, -0.05) is 32.9 Å². The maximum absolute atomic E-state index is 12.5. The maximum atomic E-state index is 12.5. The molecule has 3 heterocycles. The van der Waals surface area contributed by atoms with Gasteiger partial charge in [-0.2, -0.15) is 0 Å². The van der Waals surface area contributed by atoms with Crippen LogP contribution in [-0.4, -0.2) is 25.7 Å². The van der Waals surface area contributed by atoms with E-state index in [1.165, 1.54) is 0 Å². The normalized spacial score (nSPS) is 12.2. The fourth-order valence-electron chi connectivity index (χ4n) is 3.28. The summed E-state index contributed by atoms with van der Waals surface area (Å²) in [5.74, 6) is 1.01. The van der Waals surface area contributed by atoms with E-state index >= 15 is 0 Å². The Labute approximate surface area is 151 Å². The second-order valence-electron chi connectivity index (χ2n) is 8.02. The van der Waals surface area contributed by atoms with Crippen LogP contribution in [0.4, 0.5) is 0 Å². The molecule has 5 nitrogen and oxygen atoms in total. The minimum Gasteiger partial charge on any atom is -0.354 e. The van der Waals surface area contributed by atoms with Crippen molar-refractivity contribution in [1.82, 2.24) is 19.9 Å². The zero-order valence-corrected chi connectivity index (χ0v) is 15.5. The van der Waals surface area contributed by atoms with Crippen LogP contribution in [0.2, 0.25) is 0 Å². The molecule has 0 spiro atoms. The summed E-state index contributed by atoms with van der Waals surface area (Å²) in [5, 5.41) is 1.08. The Morgan fingerprint density at radius 3 is 2.69 bits per heavy atom. The molecule has 0 saturated heterocycles. The van der Waals surface area contributed by atoms with Crippen LogP contribution in [0, 0.1) is 12.3 Å². The van der Waals surface area contributed by atoms with E-state index in [1.807, 2.05) is 31.2 Å². The molecule has 0 unspecified atom stereocenters. The first-order chi connectivity index (χ1) is 12.3. The third-order valence-corrected chi connectivity index (χ3v) is 4.44. The first-order valence-electron chi connectivity index (χ1n) is 8.78. The van der Waals surface area contributed by atoms with E-state index < -0.39 is 0 Å². The molecule has 0 aliphatic heterocycles. The van der Waals surface area contributed by atoms with Gasteiger partial charge in [0.25, 0.3) is 0 Å². The molecule has 0 atom stereocenters. The SMILES string of the molecule is Cc1nc2nccc(-c3cc4ccc(C(=O)CC(C)(C)C)cc4[nH]3)c2[nH]1. The Hall–Kier alpha value is -2.95. The van der Waals surface area contributed by atoms with Crippen molar-refractivity contribution < 1.29 is 4.79 Å². The molecule has 0 radical (unpaired) electrons. The molecule has 26 heavy (non-hydrogen) atoms. The largest absolute Gasteiger partial charge is 0.354 e. The third-order valence-electron chi connectivity index (χ3n) is 4.44. The molecule has 0 fully saturated rings. The molecule has 0 bridgehead atoms. The van der Waals surface area contributed by atoms with Gasteiger partial charge in [-0.25, -0.2) is 9.97 Å². The number of hydrogen-bond donors (Lipinski definition) is 2. The molecule has 132 valence electrons. The lowest BCUT2D eigenvalue weighted by atomic mass is 9.88. The predicted octanol–water partition coefficient (Wildman–Crippen LogP) is 5.03. The Morgan fingerprint density at radius 1 is 1.12 bits per heavy atom. The third kappa shape index (κ3) is 3.01. The van der Waals surface area contributed by atoms with E-state index in [9.17, 15) is 4.79 Å². The Morgan fingerprint density at radius 2 is 1.92 bits per heavy atom. The topological polar surface area (TPSA) is 74.4 Å². The average molecular weight is 346 g/mol. The van der Waals surface area contributed by atoms with Gasteiger partial charge in [-0.3, -0.25) is 4.79 Å². The summed E-state index contributed by atoms with van der Waals surface area (Å²) in [4.78, 5) is 28.0. The number of nitrogens with zero attached hydrogens (tertiary/aromatic N) is 2. The van der Waals surface area contributed by atoms with Crippen LogP contribution in [0.5, 0.6) is 0 Å². The molecule has 5 heteroatoms. The van der Waals surface area contributed by atoms with Gasteiger partial charge >= 0.3 is 0 Å². The number of ketones is 1. The first-order valence-corrected chi connectivity index (χ1v) is 8.78. The summed E-state index contributed by atoms with van der Waals surface area (Å²) in [5.41, 5.74) is 5.32. The van der Waals surface area contributed by atoms with Crippen molar-refractivity contribution in [2.45, 2.75) is 34.1 Å². The Balaban J connectivity index is 1.77. The summed E-state index contributed by atoms with van der Waals surface area (Å²) in [6.07, 6.45) is 2.30. The molecule has 0 aliphatic rings. The number of rotatable bonds is 3. The number of benzene rings is 1. The molecular weight excluding hydrogens is 324 g/mol. The number of fused-ring (bicyclic) bond motifs is 2. The molecule has 1 aromatic carbocycles. The minimum atomic E-state index is -0.0198. The van der Waals surface area contributed by atoms with Crippen molar-refractivity contribution in [3.63, 3.8) is 0 Å². The maximum Gasteiger partial charge on any atom is 0.178 e. The lowest BCUT2D eigenvalue weighted by Gasteiger charge is -2.16. The van der Waals surface area contributed by atoms with Crippen molar-refractivity contribution in [1.29, 1.82) is 0 Å². The number of nitrogens with one attached hydrogen (secondary N) is 2. The molecular formula is C21H22N4O. The molecule has 0 amide bonds. The van der Waals surface area contributed by atoms with Crippen LogP contribution in [0.25, 0.3) is 33.3 Å². The van der Waals surface area contributed by atoms with Crippen LogP contribution in [0.15, 0.2) is 36.5 Å². The average Bonchev–Trinajstić information content (AvgIpc) is 3.13. The first kappa shape index (κ1) is 16.5. The smallest absolute Gasteiger partial charge is 0.178 e. The van der Waals surface area contributed by atoms with Gasteiger partial charge in [0, 0.05) is 40.3 Å². The Bertz CT molecular complexity index is 1130. The number of pyridine rings is 1. The highest BCUT2D eigenvalue weighted by molar-refractivity contribution is 6.01. The number of Topliss-reactive ketones (excluding diaryl/α,β-unsaturated/α-hetero) is 1. The van der Waals surface area contributed by atoms with Crippen molar-refractivity contribution in [3.8, 4) is 11.3 Å². The van der Waals surface area contributed by atoms with Crippen LogP contribution >= 0.6 is 0 Å². The van der Waals surface area contributed by atoms with E-state index in [4.69, 9.17) is 0 Å². The van der Waals surface area contributed by atoms with E-state index in [2.05, 4.69) is 46.8 Å². The summed E-state index contributed by atoms with van der Waals surface area (Å²) < 4.78 is 0. The molecule has 2 N–H and O–H groups in total. The van der Waals surface area contributed by atoms with Crippen LogP contribution < -0.4 is 0 Å². The Kier molecular flexibility index (Phi) is 3.68. The minimum absolute atomic E-state index is 0.0198. The number of aromatic nitrogens is 4. The van der Waals surface area contributed by atoms with Crippen molar-refractivity contribution in [2.75, 3.05) is 0 Å². The fourth-order valence-corrected chi connectivity index (χ4v) is 3.28. The number of carbonyl (C=O) groups is 1. The summed E-state index contributed by atoms with van der Waals surface area (Å²) in [6.45, 7) is 8.16. The van der Waals surface area contributed by atoms with Gasteiger partial charge in [0.05, 0.1) is 5.52 Å². The lowest BCUT2D eigenvalue weighted by Crippen LogP contribution is -2.12. The fraction of sp³-hybridized carbons (Fsp3) is 0.286. The zero-order chi connectivity index (χ0) is 18.5. The number of carbonyl (C=O) groups excluding carboxylic acids is 1. The standard InChI is InChI=1S/C21H22N4O/c1-12-23-19-15(7-8-22-20(19)24-12)17-9-13-5-6-14(10-16(13)25-17)18(26)11-21(2,3)4/h5-10,25H,11H2,1-4H3,(H,22,23,24). The monoisotopic (exact) mass is 346 g/mol. The van der Waals surface area contributed by atoms with Crippen molar-refractivity contribution >= 4 is 27.9 Å². The van der Waals surface area contributed by atoms with Gasteiger partial charge in [0.15, 0.2) is 11.4 Å². The lowest BCUT2D eigenvalue weighted by molar-refractivity contribution is 0.0940. The van der Waals surface area contributed by atoms with Crippen molar-refractivity contribution in [3.05, 3.63) is 47.9 Å². The van der Waals surface area contributed by atoms with E-state index in [0.29, 0.717) is 12.1 Å². The molecule has 3 aromatic heterocycles. The highest BCUT2D eigenvalue weighted by atomic mass is 16.1. The predicted molar refractivity (Wildman–Crippen MR) is 104 cm³/mol. The summed E-state index contributed by atoms with van der Waals surface area (Å²) >= 11 is 0. The molecule has 0 aliphatic carbocycles. The molecule has 0 saturated carbocycles. The van der Waals surface area contributed by atoms with Gasteiger partial charge in [0.2, 0.25) is 0 Å². The number of hydrogen-bond acceptors (Lipinski definition) is 3.